The molecular weight excluding hydrogens is 272 g/mol. The van der Waals surface area contributed by atoms with E-state index in [0.717, 1.165) is 11.5 Å². The van der Waals surface area contributed by atoms with Crippen LogP contribution in [0.5, 0.6) is 11.5 Å². The van der Waals surface area contributed by atoms with Gasteiger partial charge in [-0.25, -0.2) is 0 Å². The molecule has 0 aliphatic heterocycles. The number of ether oxygens (including phenoxy) is 1. The normalized spacial score (nSPS) is 9.14. The van der Waals surface area contributed by atoms with E-state index in [9.17, 15) is 9.59 Å². The zero-order valence-corrected chi connectivity index (χ0v) is 11.3. The third-order valence-electron chi connectivity index (χ3n) is 2.27. The predicted molar refractivity (Wildman–Crippen MR) is 77.5 cm³/mol. The van der Waals surface area contributed by atoms with Gasteiger partial charge in [0.15, 0.2) is 0 Å². The van der Waals surface area contributed by atoms with Gasteiger partial charge >= 0.3 is 11.9 Å². The van der Waals surface area contributed by atoms with E-state index in [-0.39, 0.29) is 12.8 Å². The molecule has 2 N–H and O–H groups in total. The lowest BCUT2D eigenvalue weighted by atomic mass is 10.3. The smallest absolute Gasteiger partial charge is 0.303 e. The van der Waals surface area contributed by atoms with Gasteiger partial charge in [0.2, 0.25) is 0 Å². The lowest BCUT2D eigenvalue weighted by molar-refractivity contribution is -0.143. The van der Waals surface area contributed by atoms with Crippen molar-refractivity contribution in [3.8, 4) is 11.5 Å². The number of carboxylic acids is 2. The molecule has 2 rings (SSSR count). The zero-order chi connectivity index (χ0) is 15.5. The second-order valence-electron chi connectivity index (χ2n) is 4.02. The molecule has 21 heavy (non-hydrogen) atoms. The Bertz CT molecular complexity index is 500. The molecule has 0 radical (unpaired) electrons. The molecule has 2 aromatic carbocycles. The number of aliphatic carboxylic acids is 2. The van der Waals surface area contributed by atoms with Gasteiger partial charge in [-0.2, -0.15) is 0 Å². The molecule has 110 valence electrons. The van der Waals surface area contributed by atoms with Crippen LogP contribution in [0, 0.1) is 0 Å². The van der Waals surface area contributed by atoms with E-state index in [1.54, 1.807) is 0 Å². The summed E-state index contributed by atoms with van der Waals surface area (Å²) >= 11 is 0. The summed E-state index contributed by atoms with van der Waals surface area (Å²) in [5.74, 6) is -0.415. The maximum absolute atomic E-state index is 9.64. The van der Waals surface area contributed by atoms with Crippen LogP contribution in [-0.4, -0.2) is 22.2 Å². The first kappa shape index (κ1) is 16.2. The van der Waals surface area contributed by atoms with Gasteiger partial charge in [0.05, 0.1) is 12.8 Å². The van der Waals surface area contributed by atoms with Crippen LogP contribution in [0.25, 0.3) is 0 Å². The molecule has 0 aliphatic rings. The summed E-state index contributed by atoms with van der Waals surface area (Å²) in [6, 6.07) is 19.5. The average molecular weight is 288 g/mol. The molecule has 5 nitrogen and oxygen atoms in total. The molecule has 0 saturated heterocycles. The van der Waals surface area contributed by atoms with Crippen molar-refractivity contribution in [2.24, 2.45) is 0 Å². The van der Waals surface area contributed by atoms with Crippen LogP contribution in [0.4, 0.5) is 0 Å². The van der Waals surface area contributed by atoms with E-state index in [4.69, 9.17) is 14.9 Å². The first-order valence-electron chi connectivity index (χ1n) is 6.29. The Labute approximate surface area is 122 Å². The molecule has 0 bridgehead atoms. The Hall–Kier alpha value is -2.82. The van der Waals surface area contributed by atoms with Crippen LogP contribution in [-0.2, 0) is 9.59 Å². The summed E-state index contributed by atoms with van der Waals surface area (Å²) < 4.78 is 5.58. The van der Waals surface area contributed by atoms with E-state index in [1.807, 2.05) is 60.7 Å². The average Bonchev–Trinajstić information content (AvgIpc) is 2.48. The lowest BCUT2D eigenvalue weighted by Gasteiger charge is -2.03. The maximum Gasteiger partial charge on any atom is 0.303 e. The van der Waals surface area contributed by atoms with Gasteiger partial charge in [0.25, 0.3) is 0 Å². The van der Waals surface area contributed by atoms with Crippen molar-refractivity contribution in [2.75, 3.05) is 0 Å². The molecule has 0 unspecified atom stereocenters. The summed E-state index contributed by atoms with van der Waals surface area (Å²) in [4.78, 5) is 19.3. The summed E-state index contributed by atoms with van der Waals surface area (Å²) in [5.41, 5.74) is 0. The fourth-order valence-electron chi connectivity index (χ4n) is 1.33. The van der Waals surface area contributed by atoms with Crippen LogP contribution in [0.1, 0.15) is 12.8 Å². The van der Waals surface area contributed by atoms with Gasteiger partial charge in [0.1, 0.15) is 11.5 Å². The van der Waals surface area contributed by atoms with Crippen LogP contribution in [0.3, 0.4) is 0 Å². The van der Waals surface area contributed by atoms with Crippen molar-refractivity contribution in [3.63, 3.8) is 0 Å². The van der Waals surface area contributed by atoms with E-state index in [2.05, 4.69) is 0 Å². The van der Waals surface area contributed by atoms with Crippen molar-refractivity contribution < 1.29 is 24.5 Å². The summed E-state index contributed by atoms with van der Waals surface area (Å²) in [6.45, 7) is 0. The van der Waals surface area contributed by atoms with Crippen molar-refractivity contribution >= 4 is 11.9 Å². The van der Waals surface area contributed by atoms with Gasteiger partial charge < -0.3 is 14.9 Å². The topological polar surface area (TPSA) is 83.8 Å². The molecular formula is C16H16O5. The summed E-state index contributed by atoms with van der Waals surface area (Å²) in [5, 5.41) is 15.8. The Morgan fingerprint density at radius 2 is 1.05 bits per heavy atom. The van der Waals surface area contributed by atoms with Crippen molar-refractivity contribution in [2.45, 2.75) is 12.8 Å². The second kappa shape index (κ2) is 9.14. The molecule has 0 heterocycles. The number of carboxylic acid groups (broad SMARTS) is 2. The minimum atomic E-state index is -1.08. The first-order valence-corrected chi connectivity index (χ1v) is 6.29. The van der Waals surface area contributed by atoms with E-state index < -0.39 is 11.9 Å². The summed E-state index contributed by atoms with van der Waals surface area (Å²) in [6.07, 6.45) is -0.593. The molecule has 2 aromatic rings. The largest absolute Gasteiger partial charge is 0.481 e. The number of hydrogen-bond donors (Lipinski definition) is 2. The highest BCUT2D eigenvalue weighted by atomic mass is 16.5. The van der Waals surface area contributed by atoms with Gasteiger partial charge in [-0.05, 0) is 24.3 Å². The predicted octanol–water partition coefficient (Wildman–Crippen LogP) is 3.41. The Morgan fingerprint density at radius 1 is 0.714 bits per heavy atom. The number of benzene rings is 2. The monoisotopic (exact) mass is 288 g/mol. The zero-order valence-electron chi connectivity index (χ0n) is 11.3. The van der Waals surface area contributed by atoms with Crippen molar-refractivity contribution in [1.29, 1.82) is 0 Å². The SMILES string of the molecule is O=C(O)CCC(=O)O.c1ccc(Oc2ccccc2)cc1. The van der Waals surface area contributed by atoms with Gasteiger partial charge in [-0.1, -0.05) is 36.4 Å². The lowest BCUT2D eigenvalue weighted by Crippen LogP contribution is -2.00. The van der Waals surface area contributed by atoms with Crippen LogP contribution >= 0.6 is 0 Å². The van der Waals surface area contributed by atoms with E-state index in [0.29, 0.717) is 0 Å². The molecule has 0 fully saturated rings. The second-order valence-corrected chi connectivity index (χ2v) is 4.02. The number of hydrogen-bond acceptors (Lipinski definition) is 3. The minimum Gasteiger partial charge on any atom is -0.481 e. The molecule has 0 aliphatic carbocycles. The minimum absolute atomic E-state index is 0.296. The Morgan fingerprint density at radius 3 is 1.33 bits per heavy atom. The highest BCUT2D eigenvalue weighted by Gasteiger charge is 2.00. The Kier molecular flexibility index (Phi) is 7.07. The maximum atomic E-state index is 9.64. The third-order valence-corrected chi connectivity index (χ3v) is 2.27. The van der Waals surface area contributed by atoms with Crippen molar-refractivity contribution in [3.05, 3.63) is 60.7 Å². The summed E-state index contributed by atoms with van der Waals surface area (Å²) in [7, 11) is 0. The van der Waals surface area contributed by atoms with Crippen LogP contribution < -0.4 is 4.74 Å². The molecule has 5 heteroatoms. The highest BCUT2D eigenvalue weighted by Crippen LogP contribution is 2.19. The van der Waals surface area contributed by atoms with Crippen LogP contribution in [0.2, 0.25) is 0 Å². The molecule has 0 saturated carbocycles. The number of rotatable bonds is 5. The molecule has 0 atom stereocenters. The van der Waals surface area contributed by atoms with Gasteiger partial charge in [-0.15, -0.1) is 0 Å². The molecule has 0 aromatic heterocycles. The standard InChI is InChI=1S/C12H10O.C4H6O4/c1-3-7-11(8-4-1)13-12-9-5-2-6-10-12;5-3(6)1-2-4(7)8/h1-10H;1-2H2,(H,5,6)(H,7,8). The van der Waals surface area contributed by atoms with Gasteiger partial charge in [-0.3, -0.25) is 9.59 Å². The first-order chi connectivity index (χ1) is 10.1. The quantitative estimate of drug-likeness (QED) is 0.880. The number of carbonyl (C=O) groups is 2. The van der Waals surface area contributed by atoms with Crippen molar-refractivity contribution in [1.82, 2.24) is 0 Å². The highest BCUT2D eigenvalue weighted by molar-refractivity contribution is 5.75. The molecule has 0 amide bonds. The fraction of sp³-hybridized carbons (Fsp3) is 0.125. The fourth-order valence-corrected chi connectivity index (χ4v) is 1.33. The van der Waals surface area contributed by atoms with E-state index in [1.165, 1.54) is 0 Å². The van der Waals surface area contributed by atoms with E-state index >= 15 is 0 Å². The molecule has 0 spiro atoms. The number of para-hydroxylation sites is 2. The Balaban J connectivity index is 0.000000240. The van der Waals surface area contributed by atoms with Crippen LogP contribution in [0.15, 0.2) is 60.7 Å². The van der Waals surface area contributed by atoms with Gasteiger partial charge in [0, 0.05) is 0 Å². The third kappa shape index (κ3) is 8.05.